The molecule has 144 valence electrons. The zero-order valence-electron chi connectivity index (χ0n) is 17.5. The maximum Gasteiger partial charge on any atom is 0.0617 e. The van der Waals surface area contributed by atoms with E-state index in [0.717, 1.165) is 17.4 Å². The molecule has 0 amide bonds. The van der Waals surface area contributed by atoms with E-state index in [2.05, 4.69) is 57.2 Å². The average molecular weight is 369 g/mol. The van der Waals surface area contributed by atoms with Crippen LogP contribution in [-0.4, -0.2) is 8.07 Å². The molecule has 0 nitrogen and oxygen atoms in total. The number of rotatable bonds is 10. The van der Waals surface area contributed by atoms with E-state index >= 15 is 0 Å². The fraction of sp³-hybridized carbons (Fsp3) is 0.680. The van der Waals surface area contributed by atoms with Gasteiger partial charge in [-0.05, 0) is 35.4 Å². The van der Waals surface area contributed by atoms with Crippen LogP contribution >= 0.6 is 0 Å². The Morgan fingerprint density at radius 2 is 1.42 bits per heavy atom. The standard InChI is InChI=1S/C25H40Si/c1-4-7-18-26(19-8-5-2,20-9-6-3)25-23-16-12-10-14-21(23)22-15-11-13-17-24(22)25/h10-12,14-16,22,24-25H,4-9,13,17-20H2,1-3H3. The molecule has 0 saturated heterocycles. The summed E-state index contributed by atoms with van der Waals surface area (Å²) in [6.07, 6.45) is 16.3. The van der Waals surface area contributed by atoms with E-state index in [1.807, 2.05) is 0 Å². The number of unbranched alkanes of at least 4 members (excludes halogenated alkanes) is 3. The van der Waals surface area contributed by atoms with Crippen LogP contribution in [0.3, 0.4) is 0 Å². The zero-order chi connectivity index (χ0) is 18.4. The summed E-state index contributed by atoms with van der Waals surface area (Å²) in [5, 5.41) is 0. The van der Waals surface area contributed by atoms with Crippen LogP contribution in [0, 0.1) is 5.92 Å². The largest absolute Gasteiger partial charge is 0.0879 e. The highest BCUT2D eigenvalue weighted by atomic mass is 28.3. The number of fused-ring (bicyclic) bond motifs is 3. The van der Waals surface area contributed by atoms with E-state index in [1.165, 1.54) is 51.4 Å². The van der Waals surface area contributed by atoms with Crippen LogP contribution < -0.4 is 0 Å². The summed E-state index contributed by atoms with van der Waals surface area (Å²) in [5.41, 5.74) is 4.40. The van der Waals surface area contributed by atoms with Gasteiger partial charge >= 0.3 is 0 Å². The Bertz CT molecular complexity index is 566. The normalized spacial score (nSPS) is 24.5. The lowest BCUT2D eigenvalue weighted by Crippen LogP contribution is -2.44. The topological polar surface area (TPSA) is 0 Å². The number of benzene rings is 1. The molecule has 26 heavy (non-hydrogen) atoms. The van der Waals surface area contributed by atoms with Crippen LogP contribution in [0.4, 0.5) is 0 Å². The van der Waals surface area contributed by atoms with Crippen molar-refractivity contribution in [2.24, 2.45) is 5.92 Å². The molecule has 1 heteroatoms. The van der Waals surface area contributed by atoms with Gasteiger partial charge in [0.15, 0.2) is 0 Å². The van der Waals surface area contributed by atoms with Gasteiger partial charge in [-0.25, -0.2) is 0 Å². The second kappa shape index (κ2) is 9.40. The Morgan fingerprint density at radius 1 is 0.846 bits per heavy atom. The van der Waals surface area contributed by atoms with Crippen molar-refractivity contribution < 1.29 is 0 Å². The fourth-order valence-electron chi connectivity index (χ4n) is 6.10. The lowest BCUT2D eigenvalue weighted by atomic mass is 9.84. The van der Waals surface area contributed by atoms with Crippen molar-refractivity contribution in [2.45, 2.75) is 102 Å². The summed E-state index contributed by atoms with van der Waals surface area (Å²) in [4.78, 5) is 0. The predicted molar refractivity (Wildman–Crippen MR) is 119 cm³/mol. The molecule has 3 rings (SSSR count). The van der Waals surface area contributed by atoms with Gasteiger partial charge in [-0.15, -0.1) is 0 Å². The van der Waals surface area contributed by atoms with E-state index in [9.17, 15) is 0 Å². The van der Waals surface area contributed by atoms with Gasteiger partial charge in [0.25, 0.3) is 0 Å². The first-order chi connectivity index (χ1) is 12.8. The third kappa shape index (κ3) is 3.88. The van der Waals surface area contributed by atoms with Crippen molar-refractivity contribution in [3.05, 3.63) is 47.5 Å². The van der Waals surface area contributed by atoms with Crippen LogP contribution in [0.1, 0.15) is 94.7 Å². The maximum absolute atomic E-state index is 2.58. The van der Waals surface area contributed by atoms with Gasteiger partial charge in [0, 0.05) is 5.92 Å². The molecular weight excluding hydrogens is 328 g/mol. The summed E-state index contributed by atoms with van der Waals surface area (Å²) in [7, 11) is -1.32. The highest BCUT2D eigenvalue weighted by Crippen LogP contribution is 2.57. The molecule has 1 aromatic carbocycles. The Kier molecular flexibility index (Phi) is 7.20. The highest BCUT2D eigenvalue weighted by molar-refractivity contribution is 6.81. The summed E-state index contributed by atoms with van der Waals surface area (Å²) in [6.45, 7) is 7.19. The molecule has 0 saturated carbocycles. The first-order valence-electron chi connectivity index (χ1n) is 11.5. The monoisotopic (exact) mass is 368 g/mol. The smallest absolute Gasteiger partial charge is 0.0617 e. The Hall–Kier alpha value is -0.823. The summed E-state index contributed by atoms with van der Waals surface area (Å²) < 4.78 is 0. The molecule has 3 unspecified atom stereocenters. The molecule has 0 fully saturated rings. The van der Waals surface area contributed by atoms with Gasteiger partial charge in [-0.3, -0.25) is 0 Å². The van der Waals surface area contributed by atoms with Crippen molar-refractivity contribution in [1.29, 1.82) is 0 Å². The zero-order valence-corrected chi connectivity index (χ0v) is 18.5. The quantitative estimate of drug-likeness (QED) is 0.288. The second-order valence-electron chi connectivity index (χ2n) is 8.97. The number of allylic oxidation sites excluding steroid dienone is 2. The third-order valence-corrected chi connectivity index (χ3v) is 13.4. The molecule has 0 spiro atoms. The average Bonchev–Trinajstić information content (AvgIpc) is 3.03. The van der Waals surface area contributed by atoms with Gasteiger partial charge in [0.2, 0.25) is 0 Å². The predicted octanol–water partition coefficient (Wildman–Crippen LogP) is 8.22. The van der Waals surface area contributed by atoms with Gasteiger partial charge < -0.3 is 0 Å². The van der Waals surface area contributed by atoms with Crippen LogP contribution in [0.15, 0.2) is 36.4 Å². The van der Waals surface area contributed by atoms with Crippen molar-refractivity contribution in [2.75, 3.05) is 0 Å². The lowest BCUT2D eigenvalue weighted by Gasteiger charge is -2.43. The Morgan fingerprint density at radius 3 is 2.00 bits per heavy atom. The van der Waals surface area contributed by atoms with E-state index in [4.69, 9.17) is 0 Å². The third-order valence-electron chi connectivity index (χ3n) is 7.33. The summed E-state index contributed by atoms with van der Waals surface area (Å²) in [6, 6.07) is 14.3. The molecule has 2 aliphatic rings. The minimum Gasteiger partial charge on any atom is -0.0879 e. The van der Waals surface area contributed by atoms with Gasteiger partial charge in [0.05, 0.1) is 8.07 Å². The Labute approximate surface area is 163 Å². The maximum atomic E-state index is 2.58. The van der Waals surface area contributed by atoms with E-state index < -0.39 is 8.07 Å². The second-order valence-corrected chi connectivity index (χ2v) is 13.8. The molecule has 0 aromatic heterocycles. The minimum absolute atomic E-state index is 0.724. The van der Waals surface area contributed by atoms with Crippen LogP contribution in [0.5, 0.6) is 0 Å². The van der Waals surface area contributed by atoms with Crippen molar-refractivity contribution >= 4 is 8.07 Å². The van der Waals surface area contributed by atoms with Gasteiger partial charge in [-0.1, -0.05) is 114 Å². The highest BCUT2D eigenvalue weighted by Gasteiger charge is 2.50. The molecule has 0 N–H and O–H groups in total. The van der Waals surface area contributed by atoms with E-state index in [0.29, 0.717) is 0 Å². The molecule has 2 aliphatic carbocycles. The molecular formula is C25H40Si. The molecule has 1 aromatic rings. The van der Waals surface area contributed by atoms with E-state index in [1.54, 1.807) is 29.3 Å². The summed E-state index contributed by atoms with van der Waals surface area (Å²) in [5.74, 6) is 1.64. The molecule has 0 bridgehead atoms. The molecule has 0 radical (unpaired) electrons. The Balaban J connectivity index is 2.03. The fourth-order valence-corrected chi connectivity index (χ4v) is 13.2. The van der Waals surface area contributed by atoms with Gasteiger partial charge in [0.1, 0.15) is 0 Å². The lowest BCUT2D eigenvalue weighted by molar-refractivity contribution is 0.435. The van der Waals surface area contributed by atoms with Crippen molar-refractivity contribution in [1.82, 2.24) is 0 Å². The van der Waals surface area contributed by atoms with Crippen LogP contribution in [0.25, 0.3) is 0 Å². The first kappa shape index (κ1) is 19.9. The molecule has 0 heterocycles. The van der Waals surface area contributed by atoms with E-state index in [-0.39, 0.29) is 0 Å². The van der Waals surface area contributed by atoms with Crippen molar-refractivity contribution in [3.63, 3.8) is 0 Å². The molecule has 0 aliphatic heterocycles. The minimum atomic E-state index is -1.32. The van der Waals surface area contributed by atoms with Gasteiger partial charge in [-0.2, -0.15) is 0 Å². The first-order valence-corrected chi connectivity index (χ1v) is 14.2. The van der Waals surface area contributed by atoms with Crippen LogP contribution in [-0.2, 0) is 0 Å². The summed E-state index contributed by atoms with van der Waals surface area (Å²) >= 11 is 0. The molecule has 3 atom stereocenters. The number of hydrogen-bond donors (Lipinski definition) is 0. The van der Waals surface area contributed by atoms with Crippen LogP contribution in [0.2, 0.25) is 18.1 Å². The SMILES string of the molecule is CCCC[Si](CCCC)(CCCC)C1c2ccccc2C2C=CCCC21. The van der Waals surface area contributed by atoms with Crippen molar-refractivity contribution in [3.8, 4) is 0 Å². The number of hydrogen-bond acceptors (Lipinski definition) is 0.